The van der Waals surface area contributed by atoms with Crippen LogP contribution in [0.1, 0.15) is 12.8 Å². The Kier molecular flexibility index (Phi) is 3.61. The summed E-state index contributed by atoms with van der Waals surface area (Å²) < 4.78 is 9.32. The SMILES string of the molecule is COC(=O)C(C(=O)OC)=C1SC[C@@H]2CCCN12. The van der Waals surface area contributed by atoms with E-state index in [-0.39, 0.29) is 5.57 Å². The highest BCUT2D eigenvalue weighted by atomic mass is 32.2. The molecule has 0 bridgehead atoms. The highest BCUT2D eigenvalue weighted by molar-refractivity contribution is 8.03. The summed E-state index contributed by atoms with van der Waals surface area (Å²) in [5.74, 6) is -0.314. The molecule has 2 heterocycles. The van der Waals surface area contributed by atoms with Crippen molar-refractivity contribution in [2.45, 2.75) is 18.9 Å². The van der Waals surface area contributed by atoms with E-state index in [1.807, 2.05) is 0 Å². The van der Waals surface area contributed by atoms with Crippen LogP contribution in [0.5, 0.6) is 0 Å². The second kappa shape index (κ2) is 5.00. The molecule has 0 aromatic rings. The number of carbonyl (C=O) groups is 2. The van der Waals surface area contributed by atoms with Gasteiger partial charge in [-0.1, -0.05) is 0 Å². The second-order valence-electron chi connectivity index (χ2n) is 3.96. The van der Waals surface area contributed by atoms with Gasteiger partial charge in [-0.2, -0.15) is 0 Å². The predicted molar refractivity (Wildman–Crippen MR) is 63.2 cm³/mol. The van der Waals surface area contributed by atoms with Crippen molar-refractivity contribution in [3.63, 3.8) is 0 Å². The molecule has 6 heteroatoms. The van der Waals surface area contributed by atoms with E-state index in [2.05, 4.69) is 14.4 Å². The van der Waals surface area contributed by atoms with Gasteiger partial charge in [-0.15, -0.1) is 11.8 Å². The summed E-state index contributed by atoms with van der Waals surface area (Å²) in [4.78, 5) is 25.5. The van der Waals surface area contributed by atoms with E-state index in [4.69, 9.17) is 0 Å². The molecule has 0 radical (unpaired) electrons. The molecule has 0 N–H and O–H groups in total. The zero-order valence-corrected chi connectivity index (χ0v) is 10.7. The standard InChI is InChI=1S/C11H15NO4S/c1-15-10(13)8(11(14)16-2)9-12-5-3-4-7(12)6-17-9/h7H,3-6H2,1-2H3/t7-/m0/s1. The molecule has 0 aliphatic carbocycles. The van der Waals surface area contributed by atoms with Gasteiger partial charge in [-0.25, -0.2) is 9.59 Å². The molecule has 2 aliphatic rings. The van der Waals surface area contributed by atoms with Crippen LogP contribution in [-0.2, 0) is 19.1 Å². The van der Waals surface area contributed by atoms with Crippen LogP contribution in [0.3, 0.4) is 0 Å². The summed E-state index contributed by atoms with van der Waals surface area (Å²) >= 11 is 1.53. The molecule has 0 unspecified atom stereocenters. The monoisotopic (exact) mass is 257 g/mol. The molecule has 0 aromatic heterocycles. The first-order chi connectivity index (χ1) is 8.19. The van der Waals surface area contributed by atoms with E-state index in [0.29, 0.717) is 11.1 Å². The summed E-state index contributed by atoms with van der Waals surface area (Å²) in [6.07, 6.45) is 2.22. The van der Waals surface area contributed by atoms with Gasteiger partial charge in [0.05, 0.1) is 19.2 Å². The largest absolute Gasteiger partial charge is 0.465 e. The zero-order chi connectivity index (χ0) is 12.4. The van der Waals surface area contributed by atoms with Crippen molar-refractivity contribution in [3.8, 4) is 0 Å². The molecule has 2 aliphatic heterocycles. The summed E-state index contributed by atoms with van der Waals surface area (Å²) in [6, 6.07) is 0.444. The topological polar surface area (TPSA) is 55.8 Å². The van der Waals surface area contributed by atoms with Gasteiger partial charge in [0.25, 0.3) is 0 Å². The fourth-order valence-electron chi connectivity index (χ4n) is 2.21. The molecule has 94 valence electrons. The van der Waals surface area contributed by atoms with Crippen molar-refractivity contribution in [1.82, 2.24) is 4.90 Å². The van der Waals surface area contributed by atoms with Crippen molar-refractivity contribution in [2.75, 3.05) is 26.5 Å². The maximum Gasteiger partial charge on any atom is 0.348 e. The molecule has 17 heavy (non-hydrogen) atoms. The van der Waals surface area contributed by atoms with Crippen LogP contribution in [-0.4, -0.2) is 49.4 Å². The van der Waals surface area contributed by atoms with Gasteiger partial charge in [0.1, 0.15) is 0 Å². The lowest BCUT2D eigenvalue weighted by Crippen LogP contribution is -2.27. The van der Waals surface area contributed by atoms with E-state index in [0.717, 1.165) is 25.1 Å². The highest BCUT2D eigenvalue weighted by Gasteiger charge is 2.38. The predicted octanol–water partition coefficient (Wildman–Crippen LogP) is 0.755. The van der Waals surface area contributed by atoms with E-state index < -0.39 is 11.9 Å². The number of carbonyl (C=O) groups excluding carboxylic acids is 2. The van der Waals surface area contributed by atoms with Crippen LogP contribution in [0.15, 0.2) is 10.6 Å². The Labute approximate surface area is 104 Å². The molecule has 0 saturated carbocycles. The second-order valence-corrected chi connectivity index (χ2v) is 4.97. The number of hydrogen-bond acceptors (Lipinski definition) is 6. The van der Waals surface area contributed by atoms with E-state index >= 15 is 0 Å². The van der Waals surface area contributed by atoms with E-state index in [1.54, 1.807) is 0 Å². The fraction of sp³-hybridized carbons (Fsp3) is 0.636. The number of hydrogen-bond donors (Lipinski definition) is 0. The minimum atomic E-state index is -0.619. The summed E-state index contributed by atoms with van der Waals surface area (Å²) in [5, 5.41) is 0.714. The number of fused-ring (bicyclic) bond motifs is 1. The van der Waals surface area contributed by atoms with Crippen molar-refractivity contribution in [3.05, 3.63) is 10.6 Å². The van der Waals surface area contributed by atoms with Gasteiger partial charge in [0.15, 0.2) is 5.57 Å². The molecule has 1 atom stereocenters. The molecular weight excluding hydrogens is 242 g/mol. The summed E-state index contributed by atoms with van der Waals surface area (Å²) in [6.45, 7) is 0.893. The Morgan fingerprint density at radius 3 is 2.53 bits per heavy atom. The first-order valence-corrected chi connectivity index (χ1v) is 6.48. The lowest BCUT2D eigenvalue weighted by atomic mass is 10.2. The zero-order valence-electron chi connectivity index (χ0n) is 9.89. The third-order valence-electron chi connectivity index (χ3n) is 3.04. The Bertz CT molecular complexity index is 362. The van der Waals surface area contributed by atoms with Gasteiger partial charge in [-0.3, -0.25) is 0 Å². The third-order valence-corrected chi connectivity index (χ3v) is 4.31. The van der Waals surface area contributed by atoms with Crippen LogP contribution in [0, 0.1) is 0 Å². The summed E-state index contributed by atoms with van der Waals surface area (Å²) in [5.41, 5.74) is 0.0319. The van der Waals surface area contributed by atoms with Gasteiger partial charge < -0.3 is 14.4 Å². The van der Waals surface area contributed by atoms with Crippen LogP contribution in [0.4, 0.5) is 0 Å². The van der Waals surface area contributed by atoms with Crippen molar-refractivity contribution < 1.29 is 19.1 Å². The van der Waals surface area contributed by atoms with E-state index in [9.17, 15) is 9.59 Å². The number of thioether (sulfide) groups is 1. The molecule has 0 amide bonds. The van der Waals surface area contributed by atoms with E-state index in [1.165, 1.54) is 26.0 Å². The van der Waals surface area contributed by atoms with Crippen LogP contribution < -0.4 is 0 Å². The fourth-order valence-corrected chi connectivity index (χ4v) is 3.63. The number of esters is 2. The van der Waals surface area contributed by atoms with Crippen LogP contribution >= 0.6 is 11.8 Å². The van der Waals surface area contributed by atoms with Gasteiger partial charge in [-0.05, 0) is 12.8 Å². The Balaban J connectivity index is 2.36. The molecular formula is C11H15NO4S. The molecule has 2 fully saturated rings. The lowest BCUT2D eigenvalue weighted by molar-refractivity contribution is -0.144. The van der Waals surface area contributed by atoms with Crippen molar-refractivity contribution in [2.24, 2.45) is 0 Å². The third kappa shape index (κ3) is 2.13. The minimum absolute atomic E-state index is 0.0319. The number of ether oxygens (including phenoxy) is 2. The maximum absolute atomic E-state index is 11.7. The quantitative estimate of drug-likeness (QED) is 0.315. The van der Waals surface area contributed by atoms with Crippen LogP contribution in [0.25, 0.3) is 0 Å². The van der Waals surface area contributed by atoms with Gasteiger partial charge >= 0.3 is 11.9 Å². The summed E-state index contributed by atoms with van der Waals surface area (Å²) in [7, 11) is 2.54. The normalized spacial score (nSPS) is 22.4. The smallest absolute Gasteiger partial charge is 0.348 e. The Hall–Kier alpha value is -1.17. The first-order valence-electron chi connectivity index (χ1n) is 5.49. The highest BCUT2D eigenvalue weighted by Crippen LogP contribution is 2.40. The van der Waals surface area contributed by atoms with Gasteiger partial charge in [0, 0.05) is 18.3 Å². The minimum Gasteiger partial charge on any atom is -0.465 e. The van der Waals surface area contributed by atoms with Gasteiger partial charge in [0.2, 0.25) is 0 Å². The average Bonchev–Trinajstić information content (AvgIpc) is 2.93. The number of methoxy groups -OCH3 is 2. The molecule has 0 aromatic carbocycles. The molecule has 2 saturated heterocycles. The van der Waals surface area contributed by atoms with Crippen molar-refractivity contribution >= 4 is 23.7 Å². The first kappa shape index (κ1) is 12.3. The Morgan fingerprint density at radius 1 is 1.29 bits per heavy atom. The van der Waals surface area contributed by atoms with Crippen LogP contribution in [0.2, 0.25) is 0 Å². The molecule has 5 nitrogen and oxygen atoms in total. The average molecular weight is 257 g/mol. The number of rotatable bonds is 2. The lowest BCUT2D eigenvalue weighted by Gasteiger charge is -2.19. The Morgan fingerprint density at radius 2 is 1.94 bits per heavy atom. The maximum atomic E-state index is 11.7. The number of nitrogens with zero attached hydrogens (tertiary/aromatic N) is 1. The molecule has 2 rings (SSSR count). The van der Waals surface area contributed by atoms with Crippen molar-refractivity contribution in [1.29, 1.82) is 0 Å². The molecule has 0 spiro atoms.